The second-order valence-corrected chi connectivity index (χ2v) is 7.77. The lowest BCUT2D eigenvalue weighted by atomic mass is 9.95. The number of ether oxygens (including phenoxy) is 2. The Hall–Kier alpha value is -3.36. The number of phenols is 1. The van der Waals surface area contributed by atoms with E-state index in [-0.39, 0.29) is 17.1 Å². The molecule has 2 aromatic carbocycles. The van der Waals surface area contributed by atoms with Crippen molar-refractivity contribution in [1.29, 1.82) is 0 Å². The molecule has 2 aromatic rings. The fraction of sp³-hybridized carbons (Fsp3) is 0.333. The number of hydrogen-bond donors (Lipinski definition) is 2. The smallest absolute Gasteiger partial charge is 0.295 e. The van der Waals surface area contributed by atoms with Gasteiger partial charge in [0.05, 0.1) is 31.9 Å². The number of phenolic OH excluding ortho intramolecular Hbond substituents is 1. The van der Waals surface area contributed by atoms with Gasteiger partial charge in [-0.2, -0.15) is 0 Å². The summed E-state index contributed by atoms with van der Waals surface area (Å²) in [6.45, 7) is 3.72. The lowest BCUT2D eigenvalue weighted by Gasteiger charge is -2.31. The van der Waals surface area contributed by atoms with E-state index in [1.807, 2.05) is 0 Å². The molecule has 0 unspecified atom stereocenters. The zero-order valence-electron chi connectivity index (χ0n) is 17.9. The molecule has 2 N–H and O–H groups in total. The Morgan fingerprint density at radius 2 is 1.69 bits per heavy atom. The van der Waals surface area contributed by atoms with E-state index in [1.54, 1.807) is 43.5 Å². The average Bonchev–Trinajstić information content (AvgIpc) is 3.08. The van der Waals surface area contributed by atoms with Crippen LogP contribution in [-0.2, 0) is 14.3 Å². The fourth-order valence-corrected chi connectivity index (χ4v) is 4.09. The third kappa shape index (κ3) is 4.32. The van der Waals surface area contributed by atoms with Gasteiger partial charge in [-0.15, -0.1) is 0 Å². The summed E-state index contributed by atoms with van der Waals surface area (Å²) in [4.78, 5) is 29.7. The third-order valence-electron chi connectivity index (χ3n) is 5.87. The maximum Gasteiger partial charge on any atom is 0.295 e. The van der Waals surface area contributed by atoms with E-state index >= 15 is 0 Å². The summed E-state index contributed by atoms with van der Waals surface area (Å²) in [5.74, 6) is -0.917. The van der Waals surface area contributed by atoms with Gasteiger partial charge < -0.3 is 24.6 Å². The summed E-state index contributed by atoms with van der Waals surface area (Å²) in [5, 5.41) is 20.8. The Morgan fingerprint density at radius 3 is 2.31 bits per heavy atom. The van der Waals surface area contributed by atoms with E-state index in [9.17, 15) is 19.8 Å². The van der Waals surface area contributed by atoms with Gasteiger partial charge in [0.15, 0.2) is 0 Å². The van der Waals surface area contributed by atoms with Crippen LogP contribution in [0.4, 0.5) is 0 Å². The number of rotatable bonds is 6. The standard InChI is InChI=1S/C24H26N2O6/c1-31-19-8-4-17(5-9-19)22(28)20-21(16-2-6-18(27)7-3-16)26(24(30)23(20)29)11-10-25-12-14-32-15-13-25/h2-9,21,27-28H,10-15H2,1H3/t21-/m0/s1. The summed E-state index contributed by atoms with van der Waals surface area (Å²) in [5.41, 5.74) is 1.09. The second-order valence-electron chi connectivity index (χ2n) is 7.77. The van der Waals surface area contributed by atoms with E-state index in [4.69, 9.17) is 9.47 Å². The maximum atomic E-state index is 13.0. The number of Topliss-reactive ketones (excluding diaryl/α,β-unsaturated/α-hetero) is 1. The Balaban J connectivity index is 1.71. The first-order chi connectivity index (χ1) is 15.5. The van der Waals surface area contributed by atoms with Crippen molar-refractivity contribution in [3.05, 3.63) is 65.2 Å². The number of ketones is 1. The minimum Gasteiger partial charge on any atom is -0.508 e. The van der Waals surface area contributed by atoms with Gasteiger partial charge in [0.25, 0.3) is 11.7 Å². The van der Waals surface area contributed by atoms with Gasteiger partial charge in [-0.05, 0) is 42.0 Å². The lowest BCUT2D eigenvalue weighted by molar-refractivity contribution is -0.140. The van der Waals surface area contributed by atoms with Crippen molar-refractivity contribution in [2.45, 2.75) is 6.04 Å². The number of morpholine rings is 1. The summed E-state index contributed by atoms with van der Waals surface area (Å²) in [7, 11) is 1.54. The van der Waals surface area contributed by atoms with E-state index in [1.165, 1.54) is 17.0 Å². The van der Waals surface area contributed by atoms with Crippen LogP contribution in [0.2, 0.25) is 0 Å². The van der Waals surface area contributed by atoms with Crippen LogP contribution in [0.15, 0.2) is 54.1 Å². The predicted molar refractivity (Wildman–Crippen MR) is 117 cm³/mol. The molecule has 2 heterocycles. The largest absolute Gasteiger partial charge is 0.508 e. The SMILES string of the molecule is COc1ccc(C(O)=C2C(=O)C(=O)N(CCN3CCOCC3)[C@H]2c2ccc(O)cc2)cc1. The molecule has 2 saturated heterocycles. The molecule has 1 atom stereocenters. The number of aliphatic hydroxyl groups excluding tert-OH is 1. The Kier molecular flexibility index (Phi) is 6.43. The van der Waals surface area contributed by atoms with Crippen LogP contribution in [0.25, 0.3) is 5.76 Å². The van der Waals surface area contributed by atoms with Crippen LogP contribution < -0.4 is 4.74 Å². The van der Waals surface area contributed by atoms with Crippen molar-refractivity contribution in [3.8, 4) is 11.5 Å². The molecular formula is C24H26N2O6. The molecular weight excluding hydrogens is 412 g/mol. The number of aliphatic hydroxyl groups is 1. The highest BCUT2D eigenvalue weighted by Crippen LogP contribution is 2.39. The first kappa shape index (κ1) is 21.9. The van der Waals surface area contributed by atoms with Crippen molar-refractivity contribution >= 4 is 17.4 Å². The molecule has 4 rings (SSSR count). The Bertz CT molecular complexity index is 1010. The van der Waals surface area contributed by atoms with Gasteiger partial charge in [-0.25, -0.2) is 0 Å². The normalized spacial score (nSPS) is 21.2. The van der Waals surface area contributed by atoms with Gasteiger partial charge in [0.2, 0.25) is 0 Å². The highest BCUT2D eigenvalue weighted by molar-refractivity contribution is 6.46. The molecule has 0 spiro atoms. The fourth-order valence-electron chi connectivity index (χ4n) is 4.09. The maximum absolute atomic E-state index is 13.0. The molecule has 2 aliphatic heterocycles. The van der Waals surface area contributed by atoms with Crippen LogP contribution in [0.1, 0.15) is 17.2 Å². The molecule has 2 aliphatic rings. The number of nitrogens with zero attached hydrogens (tertiary/aromatic N) is 2. The Labute approximate surface area is 186 Å². The molecule has 0 saturated carbocycles. The van der Waals surface area contributed by atoms with Gasteiger partial charge in [0, 0.05) is 31.7 Å². The number of methoxy groups -OCH3 is 1. The molecule has 0 aliphatic carbocycles. The van der Waals surface area contributed by atoms with Gasteiger partial charge in [-0.1, -0.05) is 12.1 Å². The lowest BCUT2D eigenvalue weighted by Crippen LogP contribution is -2.42. The number of amides is 1. The predicted octanol–water partition coefficient (Wildman–Crippen LogP) is 2.15. The van der Waals surface area contributed by atoms with Crippen molar-refractivity contribution < 1.29 is 29.3 Å². The van der Waals surface area contributed by atoms with Crippen LogP contribution in [0, 0.1) is 0 Å². The first-order valence-corrected chi connectivity index (χ1v) is 10.5. The number of aromatic hydroxyl groups is 1. The third-order valence-corrected chi connectivity index (χ3v) is 5.87. The number of carbonyl (C=O) groups is 2. The monoisotopic (exact) mass is 438 g/mol. The molecule has 2 fully saturated rings. The molecule has 0 radical (unpaired) electrons. The summed E-state index contributed by atoms with van der Waals surface area (Å²) >= 11 is 0. The topological polar surface area (TPSA) is 99.5 Å². The molecule has 32 heavy (non-hydrogen) atoms. The minimum absolute atomic E-state index is 0.0350. The molecule has 8 heteroatoms. The number of benzene rings is 2. The van der Waals surface area contributed by atoms with Gasteiger partial charge in [0.1, 0.15) is 17.3 Å². The van der Waals surface area contributed by atoms with Crippen molar-refractivity contribution in [1.82, 2.24) is 9.80 Å². The highest BCUT2D eigenvalue weighted by atomic mass is 16.5. The van der Waals surface area contributed by atoms with Crippen LogP contribution in [-0.4, -0.2) is 78.2 Å². The highest BCUT2D eigenvalue weighted by Gasteiger charge is 2.46. The van der Waals surface area contributed by atoms with E-state index in [2.05, 4.69) is 4.90 Å². The molecule has 1 amide bonds. The zero-order chi connectivity index (χ0) is 22.7. The number of likely N-dealkylation sites (tertiary alicyclic amines) is 1. The minimum atomic E-state index is -0.751. The first-order valence-electron chi connectivity index (χ1n) is 10.5. The average molecular weight is 438 g/mol. The summed E-state index contributed by atoms with van der Waals surface area (Å²) in [6.07, 6.45) is 0. The summed E-state index contributed by atoms with van der Waals surface area (Å²) in [6, 6.07) is 12.2. The number of hydrogen-bond acceptors (Lipinski definition) is 7. The molecule has 168 valence electrons. The Morgan fingerprint density at radius 1 is 1.03 bits per heavy atom. The van der Waals surface area contributed by atoms with Crippen molar-refractivity contribution in [3.63, 3.8) is 0 Å². The van der Waals surface area contributed by atoms with E-state index in [0.29, 0.717) is 43.2 Å². The molecule has 0 bridgehead atoms. The van der Waals surface area contributed by atoms with Crippen molar-refractivity contribution in [2.75, 3.05) is 46.5 Å². The van der Waals surface area contributed by atoms with Gasteiger partial charge in [-0.3, -0.25) is 14.5 Å². The quantitative estimate of drug-likeness (QED) is 0.405. The van der Waals surface area contributed by atoms with E-state index in [0.717, 1.165) is 13.1 Å². The van der Waals surface area contributed by atoms with Crippen LogP contribution >= 0.6 is 0 Å². The van der Waals surface area contributed by atoms with Crippen molar-refractivity contribution in [2.24, 2.45) is 0 Å². The van der Waals surface area contributed by atoms with Crippen LogP contribution in [0.5, 0.6) is 11.5 Å². The zero-order valence-corrected chi connectivity index (χ0v) is 17.9. The van der Waals surface area contributed by atoms with E-state index < -0.39 is 17.7 Å². The van der Waals surface area contributed by atoms with Crippen LogP contribution in [0.3, 0.4) is 0 Å². The second kappa shape index (κ2) is 9.42. The summed E-state index contributed by atoms with van der Waals surface area (Å²) < 4.78 is 10.5. The number of carbonyl (C=O) groups excluding carboxylic acids is 2. The van der Waals surface area contributed by atoms with Gasteiger partial charge >= 0.3 is 0 Å². The molecule has 0 aromatic heterocycles. The molecule has 8 nitrogen and oxygen atoms in total.